The quantitative estimate of drug-likeness (QED) is 0.453. The lowest BCUT2D eigenvalue weighted by Crippen LogP contribution is -2.30. The standard InChI is InChI=1S/C27H26N4O2/c1-29(17-20-10-4-2-5-11-20)26(33)19-31-24-15-9-8-14-23(24)28-27(31)21-16-25(32)30(18-21)22-12-6-3-7-13-22/h2-15,21H,16-19H2,1H3. The molecule has 6 heteroatoms. The molecular weight excluding hydrogens is 412 g/mol. The third-order valence-electron chi connectivity index (χ3n) is 6.22. The van der Waals surface area contributed by atoms with Gasteiger partial charge in [-0.3, -0.25) is 9.59 Å². The molecule has 4 aromatic rings. The van der Waals surface area contributed by atoms with Crippen molar-refractivity contribution in [2.45, 2.75) is 25.4 Å². The molecule has 1 unspecified atom stereocenters. The van der Waals surface area contributed by atoms with Gasteiger partial charge in [0, 0.05) is 38.2 Å². The Bertz CT molecular complexity index is 1280. The van der Waals surface area contributed by atoms with E-state index in [2.05, 4.69) is 0 Å². The molecule has 2 heterocycles. The zero-order valence-corrected chi connectivity index (χ0v) is 18.6. The van der Waals surface area contributed by atoms with E-state index in [1.807, 2.05) is 101 Å². The minimum atomic E-state index is -0.0719. The molecule has 2 amide bonds. The normalized spacial score (nSPS) is 15.8. The first-order valence-electron chi connectivity index (χ1n) is 11.2. The van der Waals surface area contributed by atoms with Gasteiger partial charge >= 0.3 is 0 Å². The zero-order valence-electron chi connectivity index (χ0n) is 18.6. The average molecular weight is 439 g/mol. The Morgan fingerprint density at radius 2 is 1.64 bits per heavy atom. The summed E-state index contributed by atoms with van der Waals surface area (Å²) < 4.78 is 1.99. The zero-order chi connectivity index (χ0) is 22.8. The fraction of sp³-hybridized carbons (Fsp3) is 0.222. The van der Waals surface area contributed by atoms with E-state index >= 15 is 0 Å². The van der Waals surface area contributed by atoms with Crippen molar-refractivity contribution in [3.8, 4) is 0 Å². The lowest BCUT2D eigenvalue weighted by atomic mass is 10.1. The number of imidazole rings is 1. The molecule has 1 fully saturated rings. The number of para-hydroxylation sites is 3. The van der Waals surface area contributed by atoms with Gasteiger partial charge in [-0.25, -0.2) is 4.98 Å². The molecule has 3 aromatic carbocycles. The highest BCUT2D eigenvalue weighted by atomic mass is 16.2. The van der Waals surface area contributed by atoms with Gasteiger partial charge in [-0.2, -0.15) is 0 Å². The van der Waals surface area contributed by atoms with Crippen LogP contribution in [-0.2, 0) is 22.7 Å². The number of nitrogens with zero attached hydrogens (tertiary/aromatic N) is 4. The highest BCUT2D eigenvalue weighted by Gasteiger charge is 2.35. The summed E-state index contributed by atoms with van der Waals surface area (Å²) in [6.45, 7) is 1.29. The summed E-state index contributed by atoms with van der Waals surface area (Å²) in [6.07, 6.45) is 0.381. The van der Waals surface area contributed by atoms with Crippen molar-refractivity contribution in [1.29, 1.82) is 0 Å². The van der Waals surface area contributed by atoms with Crippen LogP contribution in [0.15, 0.2) is 84.9 Å². The molecule has 1 atom stereocenters. The number of amides is 2. The number of carbonyl (C=O) groups excluding carboxylic acids is 2. The van der Waals surface area contributed by atoms with Crippen molar-refractivity contribution in [2.24, 2.45) is 0 Å². The summed E-state index contributed by atoms with van der Waals surface area (Å²) in [7, 11) is 1.82. The summed E-state index contributed by atoms with van der Waals surface area (Å²) >= 11 is 0. The number of likely N-dealkylation sites (N-methyl/N-ethyl adjacent to an activating group) is 1. The van der Waals surface area contributed by atoms with Crippen molar-refractivity contribution in [2.75, 3.05) is 18.5 Å². The fourth-order valence-electron chi connectivity index (χ4n) is 4.51. The lowest BCUT2D eigenvalue weighted by molar-refractivity contribution is -0.131. The van der Waals surface area contributed by atoms with Crippen LogP contribution in [0.3, 0.4) is 0 Å². The molecular formula is C27H26N4O2. The Labute approximate surface area is 193 Å². The third kappa shape index (κ3) is 4.24. The first kappa shape index (κ1) is 20.9. The van der Waals surface area contributed by atoms with Crippen molar-refractivity contribution in [1.82, 2.24) is 14.5 Å². The molecule has 1 saturated heterocycles. The number of rotatable bonds is 6. The van der Waals surface area contributed by atoms with Crippen LogP contribution in [-0.4, -0.2) is 39.9 Å². The Kier molecular flexibility index (Phi) is 5.65. The summed E-state index contributed by atoms with van der Waals surface area (Å²) in [5.74, 6) is 0.812. The number of hydrogen-bond acceptors (Lipinski definition) is 3. The van der Waals surface area contributed by atoms with Crippen LogP contribution in [0.5, 0.6) is 0 Å². The van der Waals surface area contributed by atoms with Crippen molar-refractivity contribution < 1.29 is 9.59 Å². The molecule has 1 aliphatic heterocycles. The maximum absolute atomic E-state index is 13.2. The molecule has 0 N–H and O–H groups in total. The number of fused-ring (bicyclic) bond motifs is 1. The highest BCUT2D eigenvalue weighted by molar-refractivity contribution is 5.96. The van der Waals surface area contributed by atoms with E-state index < -0.39 is 0 Å². The molecule has 1 aromatic heterocycles. The van der Waals surface area contributed by atoms with Crippen LogP contribution in [0.25, 0.3) is 11.0 Å². The SMILES string of the molecule is CN(Cc1ccccc1)C(=O)Cn1c(C2CC(=O)N(c3ccccc3)C2)nc2ccccc21. The van der Waals surface area contributed by atoms with Crippen LogP contribution in [0, 0.1) is 0 Å². The van der Waals surface area contributed by atoms with Gasteiger partial charge in [-0.1, -0.05) is 60.7 Å². The minimum Gasteiger partial charge on any atom is -0.340 e. The molecule has 6 nitrogen and oxygen atoms in total. The lowest BCUT2D eigenvalue weighted by Gasteiger charge is -2.20. The van der Waals surface area contributed by atoms with E-state index in [1.165, 1.54) is 0 Å². The van der Waals surface area contributed by atoms with E-state index in [0.29, 0.717) is 19.5 Å². The molecule has 33 heavy (non-hydrogen) atoms. The first-order chi connectivity index (χ1) is 16.1. The maximum Gasteiger partial charge on any atom is 0.242 e. The molecule has 5 rings (SSSR count). The van der Waals surface area contributed by atoms with E-state index in [0.717, 1.165) is 28.1 Å². The molecule has 1 aliphatic rings. The van der Waals surface area contributed by atoms with Gasteiger partial charge in [0.15, 0.2) is 0 Å². The van der Waals surface area contributed by atoms with Crippen molar-refractivity contribution in [3.63, 3.8) is 0 Å². The Morgan fingerprint density at radius 1 is 0.970 bits per heavy atom. The van der Waals surface area contributed by atoms with Gasteiger partial charge < -0.3 is 14.4 Å². The minimum absolute atomic E-state index is 0.00694. The molecule has 0 bridgehead atoms. The second-order valence-corrected chi connectivity index (χ2v) is 8.52. The number of aromatic nitrogens is 2. The third-order valence-corrected chi connectivity index (χ3v) is 6.22. The predicted molar refractivity (Wildman–Crippen MR) is 129 cm³/mol. The van der Waals surface area contributed by atoms with Crippen LogP contribution < -0.4 is 4.90 Å². The smallest absolute Gasteiger partial charge is 0.242 e. The topological polar surface area (TPSA) is 58.4 Å². The number of benzene rings is 3. The van der Waals surface area contributed by atoms with Crippen LogP contribution in [0.4, 0.5) is 5.69 Å². The molecule has 0 saturated carbocycles. The summed E-state index contributed by atoms with van der Waals surface area (Å²) in [5, 5.41) is 0. The number of carbonyl (C=O) groups is 2. The summed E-state index contributed by atoms with van der Waals surface area (Å²) in [4.78, 5) is 34.4. The average Bonchev–Trinajstić information content (AvgIpc) is 3.41. The van der Waals surface area contributed by atoms with Crippen molar-refractivity contribution >= 4 is 28.5 Å². The molecule has 166 valence electrons. The van der Waals surface area contributed by atoms with Crippen LogP contribution in [0.2, 0.25) is 0 Å². The van der Waals surface area contributed by atoms with Gasteiger partial charge in [0.2, 0.25) is 11.8 Å². The van der Waals surface area contributed by atoms with Gasteiger partial charge in [0.1, 0.15) is 12.4 Å². The van der Waals surface area contributed by atoms with Crippen LogP contribution >= 0.6 is 0 Å². The number of hydrogen-bond donors (Lipinski definition) is 0. The van der Waals surface area contributed by atoms with Gasteiger partial charge in [0.05, 0.1) is 11.0 Å². The van der Waals surface area contributed by atoms with Gasteiger partial charge in [-0.15, -0.1) is 0 Å². The van der Waals surface area contributed by atoms with E-state index in [1.54, 1.807) is 4.90 Å². The molecule has 0 aliphatic carbocycles. The van der Waals surface area contributed by atoms with E-state index in [9.17, 15) is 9.59 Å². The highest BCUT2D eigenvalue weighted by Crippen LogP contribution is 2.33. The van der Waals surface area contributed by atoms with Crippen LogP contribution in [0.1, 0.15) is 23.7 Å². The molecule has 0 radical (unpaired) electrons. The summed E-state index contributed by atoms with van der Waals surface area (Å²) in [5.41, 5.74) is 3.74. The Hall–Kier alpha value is -3.93. The summed E-state index contributed by atoms with van der Waals surface area (Å²) in [6, 6.07) is 27.5. The van der Waals surface area contributed by atoms with E-state index in [-0.39, 0.29) is 24.3 Å². The second kappa shape index (κ2) is 8.90. The van der Waals surface area contributed by atoms with Gasteiger partial charge in [0.25, 0.3) is 0 Å². The maximum atomic E-state index is 13.2. The van der Waals surface area contributed by atoms with E-state index in [4.69, 9.17) is 4.98 Å². The monoisotopic (exact) mass is 438 g/mol. The Balaban J connectivity index is 1.42. The van der Waals surface area contributed by atoms with Crippen molar-refractivity contribution in [3.05, 3.63) is 96.3 Å². The second-order valence-electron chi connectivity index (χ2n) is 8.52. The Morgan fingerprint density at radius 3 is 2.39 bits per heavy atom. The number of anilines is 1. The molecule has 0 spiro atoms. The predicted octanol–water partition coefficient (Wildman–Crippen LogP) is 4.22. The van der Waals surface area contributed by atoms with Gasteiger partial charge in [-0.05, 0) is 29.8 Å². The largest absolute Gasteiger partial charge is 0.340 e. The first-order valence-corrected chi connectivity index (χ1v) is 11.2. The fourth-order valence-corrected chi connectivity index (χ4v) is 4.51.